The van der Waals surface area contributed by atoms with E-state index in [1.54, 1.807) is 19.1 Å². The summed E-state index contributed by atoms with van der Waals surface area (Å²) in [5.41, 5.74) is 2.43. The average molecular weight is 404 g/mol. The van der Waals surface area contributed by atoms with E-state index in [0.717, 1.165) is 11.3 Å². The van der Waals surface area contributed by atoms with Gasteiger partial charge in [0.1, 0.15) is 6.04 Å². The Kier molecular flexibility index (Phi) is 6.33. The first-order chi connectivity index (χ1) is 13.4. The molecule has 3 rings (SSSR count). The third kappa shape index (κ3) is 4.89. The predicted octanol–water partition coefficient (Wildman–Crippen LogP) is 2.46. The number of hydrogen-bond donors (Lipinski definition) is 2. The van der Waals surface area contributed by atoms with Gasteiger partial charge in [-0.2, -0.15) is 4.31 Å². The van der Waals surface area contributed by atoms with Crippen molar-refractivity contribution in [1.82, 2.24) is 4.31 Å². The molecular weight excluding hydrogens is 378 g/mol. The number of sulfonamides is 1. The molecular formula is C20H25N3O4S. The third-order valence-corrected chi connectivity index (χ3v) is 6.43. The summed E-state index contributed by atoms with van der Waals surface area (Å²) in [7, 11) is -3.61. The van der Waals surface area contributed by atoms with Gasteiger partial charge in [-0.15, -0.1) is 0 Å². The number of aryl methyl sites for hydroxylation is 1. The van der Waals surface area contributed by atoms with Crippen molar-refractivity contribution >= 4 is 27.3 Å². The molecule has 0 unspecified atom stereocenters. The monoisotopic (exact) mass is 403 g/mol. The fraction of sp³-hybridized carbons (Fsp3) is 0.350. The Labute approximate surface area is 165 Å². The smallest absolute Gasteiger partial charge is 0.246 e. The molecule has 7 nitrogen and oxygen atoms in total. The standard InChI is InChI=1S/C20H25N3O4S/c1-15-6-8-17(9-7-15)21-16(2)20(24)22-18-4-3-5-19(14-18)28(25,26)23-10-12-27-13-11-23/h3-9,14,16,21H,10-13H2,1-2H3,(H,22,24)/t16-/m1/s1. The van der Waals surface area contributed by atoms with Crippen LogP contribution in [-0.2, 0) is 19.6 Å². The number of nitrogens with zero attached hydrogens (tertiary/aromatic N) is 1. The highest BCUT2D eigenvalue weighted by molar-refractivity contribution is 7.89. The Hall–Kier alpha value is -2.42. The van der Waals surface area contributed by atoms with Crippen LogP contribution in [0.5, 0.6) is 0 Å². The molecule has 1 aliphatic rings. The second kappa shape index (κ2) is 8.72. The first-order valence-corrected chi connectivity index (χ1v) is 10.6. The lowest BCUT2D eigenvalue weighted by Gasteiger charge is -2.26. The summed E-state index contributed by atoms with van der Waals surface area (Å²) in [6.07, 6.45) is 0. The number of morpholine rings is 1. The topological polar surface area (TPSA) is 87.7 Å². The van der Waals surface area contributed by atoms with Gasteiger partial charge < -0.3 is 15.4 Å². The molecule has 1 atom stereocenters. The maximum atomic E-state index is 12.8. The number of amides is 1. The first kappa shape index (κ1) is 20.3. The van der Waals surface area contributed by atoms with Crippen molar-refractivity contribution in [1.29, 1.82) is 0 Å². The number of anilines is 2. The second-order valence-corrected chi connectivity index (χ2v) is 8.70. The summed E-state index contributed by atoms with van der Waals surface area (Å²) in [5, 5.41) is 5.91. The molecule has 0 saturated carbocycles. The molecule has 28 heavy (non-hydrogen) atoms. The Morgan fingerprint density at radius 3 is 2.43 bits per heavy atom. The summed E-state index contributed by atoms with van der Waals surface area (Å²) in [4.78, 5) is 12.7. The van der Waals surface area contributed by atoms with Crippen molar-refractivity contribution in [3.8, 4) is 0 Å². The van der Waals surface area contributed by atoms with Crippen molar-refractivity contribution in [3.05, 3.63) is 54.1 Å². The molecule has 0 aliphatic carbocycles. The van der Waals surface area contributed by atoms with E-state index >= 15 is 0 Å². The van der Waals surface area contributed by atoms with Crippen LogP contribution in [0.1, 0.15) is 12.5 Å². The highest BCUT2D eigenvalue weighted by Gasteiger charge is 2.26. The van der Waals surface area contributed by atoms with E-state index in [0.29, 0.717) is 32.0 Å². The fourth-order valence-electron chi connectivity index (χ4n) is 2.89. The zero-order valence-electron chi connectivity index (χ0n) is 16.0. The van der Waals surface area contributed by atoms with Crippen molar-refractivity contribution in [2.45, 2.75) is 24.8 Å². The van der Waals surface area contributed by atoms with Crippen LogP contribution in [0, 0.1) is 6.92 Å². The van der Waals surface area contributed by atoms with Gasteiger partial charge in [0.15, 0.2) is 0 Å². The number of benzene rings is 2. The minimum Gasteiger partial charge on any atom is -0.379 e. The Bertz CT molecular complexity index is 923. The van der Waals surface area contributed by atoms with E-state index in [2.05, 4.69) is 10.6 Å². The number of hydrogen-bond acceptors (Lipinski definition) is 5. The SMILES string of the molecule is Cc1ccc(N[C@H](C)C(=O)Nc2cccc(S(=O)(=O)N3CCOCC3)c2)cc1. The summed E-state index contributed by atoms with van der Waals surface area (Å²) < 4.78 is 32.2. The summed E-state index contributed by atoms with van der Waals surface area (Å²) in [6, 6.07) is 13.6. The number of nitrogens with one attached hydrogen (secondary N) is 2. The van der Waals surface area contributed by atoms with Crippen LogP contribution in [0.25, 0.3) is 0 Å². The summed E-state index contributed by atoms with van der Waals surface area (Å²) >= 11 is 0. The van der Waals surface area contributed by atoms with Gasteiger partial charge in [-0.05, 0) is 44.2 Å². The van der Waals surface area contributed by atoms with Crippen LogP contribution in [0.3, 0.4) is 0 Å². The highest BCUT2D eigenvalue weighted by Crippen LogP contribution is 2.21. The molecule has 150 valence electrons. The molecule has 2 N–H and O–H groups in total. The molecule has 1 aliphatic heterocycles. The predicted molar refractivity (Wildman–Crippen MR) is 109 cm³/mol. The fourth-order valence-corrected chi connectivity index (χ4v) is 4.34. The lowest BCUT2D eigenvalue weighted by Crippen LogP contribution is -2.40. The van der Waals surface area contributed by atoms with Gasteiger partial charge in [-0.25, -0.2) is 8.42 Å². The van der Waals surface area contributed by atoms with Gasteiger partial charge in [-0.1, -0.05) is 23.8 Å². The molecule has 1 heterocycles. The van der Waals surface area contributed by atoms with Crippen molar-refractivity contribution in [2.24, 2.45) is 0 Å². The van der Waals surface area contributed by atoms with Crippen molar-refractivity contribution in [2.75, 3.05) is 36.9 Å². The molecule has 0 spiro atoms. The number of rotatable bonds is 6. The number of ether oxygens (including phenoxy) is 1. The highest BCUT2D eigenvalue weighted by atomic mass is 32.2. The maximum absolute atomic E-state index is 12.8. The minimum atomic E-state index is -3.61. The average Bonchev–Trinajstić information content (AvgIpc) is 2.70. The van der Waals surface area contributed by atoms with E-state index in [1.807, 2.05) is 31.2 Å². The molecule has 1 fully saturated rings. The molecule has 0 bridgehead atoms. The molecule has 0 aromatic heterocycles. The second-order valence-electron chi connectivity index (χ2n) is 6.77. The van der Waals surface area contributed by atoms with Gasteiger partial charge in [-0.3, -0.25) is 4.79 Å². The van der Waals surface area contributed by atoms with Crippen LogP contribution < -0.4 is 10.6 Å². The Morgan fingerprint density at radius 1 is 1.07 bits per heavy atom. The number of carbonyl (C=O) groups excluding carboxylic acids is 1. The summed E-state index contributed by atoms with van der Waals surface area (Å²) in [6.45, 7) is 5.18. The quantitative estimate of drug-likeness (QED) is 0.774. The molecule has 1 amide bonds. The van der Waals surface area contributed by atoms with E-state index < -0.39 is 16.1 Å². The molecule has 8 heteroatoms. The van der Waals surface area contributed by atoms with Crippen molar-refractivity contribution in [3.63, 3.8) is 0 Å². The van der Waals surface area contributed by atoms with Gasteiger partial charge in [0.25, 0.3) is 0 Å². The summed E-state index contributed by atoms with van der Waals surface area (Å²) in [5.74, 6) is -0.249. The van der Waals surface area contributed by atoms with Crippen LogP contribution in [0.15, 0.2) is 53.4 Å². The molecule has 0 radical (unpaired) electrons. The van der Waals surface area contributed by atoms with Crippen LogP contribution in [-0.4, -0.2) is 51.0 Å². The Morgan fingerprint density at radius 2 is 1.75 bits per heavy atom. The Balaban J connectivity index is 1.68. The number of carbonyl (C=O) groups is 1. The van der Waals surface area contributed by atoms with Gasteiger partial charge >= 0.3 is 0 Å². The van der Waals surface area contributed by atoms with Gasteiger partial charge in [0, 0.05) is 24.5 Å². The van der Waals surface area contributed by atoms with E-state index in [1.165, 1.54) is 16.4 Å². The maximum Gasteiger partial charge on any atom is 0.246 e. The molecule has 2 aromatic rings. The molecule has 2 aromatic carbocycles. The normalized spacial score (nSPS) is 16.4. The third-order valence-electron chi connectivity index (χ3n) is 4.54. The van der Waals surface area contributed by atoms with Crippen molar-refractivity contribution < 1.29 is 17.9 Å². The van der Waals surface area contributed by atoms with E-state index in [9.17, 15) is 13.2 Å². The lowest BCUT2D eigenvalue weighted by atomic mass is 10.2. The van der Waals surface area contributed by atoms with Crippen LogP contribution in [0.4, 0.5) is 11.4 Å². The van der Waals surface area contributed by atoms with Crippen LogP contribution in [0.2, 0.25) is 0 Å². The molecule has 1 saturated heterocycles. The van der Waals surface area contributed by atoms with E-state index in [-0.39, 0.29) is 10.8 Å². The van der Waals surface area contributed by atoms with Crippen LogP contribution >= 0.6 is 0 Å². The first-order valence-electron chi connectivity index (χ1n) is 9.18. The minimum absolute atomic E-state index is 0.159. The van der Waals surface area contributed by atoms with Gasteiger partial charge in [0.05, 0.1) is 18.1 Å². The zero-order valence-corrected chi connectivity index (χ0v) is 16.8. The largest absolute Gasteiger partial charge is 0.379 e. The van der Waals surface area contributed by atoms with Gasteiger partial charge in [0.2, 0.25) is 15.9 Å². The van der Waals surface area contributed by atoms with E-state index in [4.69, 9.17) is 4.74 Å². The lowest BCUT2D eigenvalue weighted by molar-refractivity contribution is -0.116. The zero-order chi connectivity index (χ0) is 20.1.